The molecule has 0 unspecified atom stereocenters. The quantitative estimate of drug-likeness (QED) is 0.776. The third-order valence-corrected chi connectivity index (χ3v) is 2.83. The molecule has 0 N–H and O–H groups in total. The van der Waals surface area contributed by atoms with Gasteiger partial charge in [0.1, 0.15) is 0 Å². The molecule has 0 atom stereocenters. The van der Waals surface area contributed by atoms with Crippen molar-refractivity contribution in [1.82, 2.24) is 4.98 Å². The second-order valence-electron chi connectivity index (χ2n) is 3.12. The van der Waals surface area contributed by atoms with Gasteiger partial charge in [0, 0.05) is 15.9 Å². The third kappa shape index (κ3) is 1.48. The highest BCUT2D eigenvalue weighted by atomic mass is 79.9. The molecule has 1 aromatic carbocycles. The van der Waals surface area contributed by atoms with Crippen molar-refractivity contribution in [3.05, 3.63) is 34.3 Å². The number of aryl methyl sites for hydroxylation is 1. The zero-order valence-electron chi connectivity index (χ0n) is 8.04. The third-order valence-electron chi connectivity index (χ3n) is 2.18. The Hall–Kier alpha value is -1.09. The maximum absolute atomic E-state index is 5.12. The summed E-state index contributed by atoms with van der Waals surface area (Å²) in [5.74, 6) is 0.638. The Balaban J connectivity index is 2.83. The first-order chi connectivity index (χ1) is 6.72. The van der Waals surface area contributed by atoms with Crippen molar-refractivity contribution in [3.63, 3.8) is 0 Å². The summed E-state index contributed by atoms with van der Waals surface area (Å²) < 4.78 is 6.13. The molecule has 0 saturated heterocycles. The van der Waals surface area contributed by atoms with Gasteiger partial charge in [-0.3, -0.25) is 0 Å². The van der Waals surface area contributed by atoms with Crippen molar-refractivity contribution in [1.29, 1.82) is 0 Å². The lowest BCUT2D eigenvalue weighted by Gasteiger charge is -2.05. The monoisotopic (exact) mass is 251 g/mol. The van der Waals surface area contributed by atoms with Crippen molar-refractivity contribution in [3.8, 4) is 5.88 Å². The molecular weight excluding hydrogens is 242 g/mol. The number of para-hydroxylation sites is 1. The lowest BCUT2D eigenvalue weighted by atomic mass is 10.1. The summed E-state index contributed by atoms with van der Waals surface area (Å²) in [6.07, 6.45) is 0. The van der Waals surface area contributed by atoms with Crippen LogP contribution in [0.3, 0.4) is 0 Å². The van der Waals surface area contributed by atoms with E-state index < -0.39 is 0 Å². The van der Waals surface area contributed by atoms with Crippen LogP contribution in [-0.4, -0.2) is 12.1 Å². The van der Waals surface area contributed by atoms with Crippen molar-refractivity contribution in [2.75, 3.05) is 7.11 Å². The number of hydrogen-bond donors (Lipinski definition) is 0. The molecule has 0 aliphatic carbocycles. The van der Waals surface area contributed by atoms with Crippen LogP contribution in [0.1, 0.15) is 5.56 Å². The van der Waals surface area contributed by atoms with Crippen LogP contribution in [0.5, 0.6) is 5.88 Å². The molecule has 14 heavy (non-hydrogen) atoms. The minimum absolute atomic E-state index is 0.638. The Morgan fingerprint density at radius 3 is 2.86 bits per heavy atom. The lowest BCUT2D eigenvalue weighted by Crippen LogP contribution is -1.90. The van der Waals surface area contributed by atoms with E-state index in [1.165, 1.54) is 0 Å². The van der Waals surface area contributed by atoms with Gasteiger partial charge in [-0.05, 0) is 28.4 Å². The predicted molar refractivity (Wildman–Crippen MR) is 60.7 cm³/mol. The van der Waals surface area contributed by atoms with Crippen LogP contribution in [0.2, 0.25) is 0 Å². The highest BCUT2D eigenvalue weighted by Gasteiger charge is 2.05. The van der Waals surface area contributed by atoms with Gasteiger partial charge in [-0.2, -0.15) is 0 Å². The van der Waals surface area contributed by atoms with E-state index in [1.54, 1.807) is 7.11 Å². The van der Waals surface area contributed by atoms with Gasteiger partial charge in [0.15, 0.2) is 0 Å². The Morgan fingerprint density at radius 1 is 1.36 bits per heavy atom. The maximum atomic E-state index is 5.12. The Labute approximate surface area is 91.0 Å². The van der Waals surface area contributed by atoms with Crippen LogP contribution in [0, 0.1) is 6.92 Å². The zero-order valence-corrected chi connectivity index (χ0v) is 9.63. The zero-order chi connectivity index (χ0) is 10.1. The highest BCUT2D eigenvalue weighted by Crippen LogP contribution is 2.28. The molecule has 0 aliphatic heterocycles. The van der Waals surface area contributed by atoms with Crippen molar-refractivity contribution < 1.29 is 4.74 Å². The number of fused-ring (bicyclic) bond motifs is 1. The fraction of sp³-hybridized carbons (Fsp3) is 0.182. The number of benzene rings is 1. The van der Waals surface area contributed by atoms with Crippen LogP contribution in [0.4, 0.5) is 0 Å². The summed E-state index contributed by atoms with van der Waals surface area (Å²) in [7, 11) is 1.62. The fourth-order valence-electron chi connectivity index (χ4n) is 1.43. The van der Waals surface area contributed by atoms with E-state index in [4.69, 9.17) is 4.74 Å². The van der Waals surface area contributed by atoms with E-state index in [9.17, 15) is 0 Å². The summed E-state index contributed by atoms with van der Waals surface area (Å²) in [6, 6.07) is 7.98. The number of hydrogen-bond acceptors (Lipinski definition) is 2. The smallest absolute Gasteiger partial charge is 0.214 e. The van der Waals surface area contributed by atoms with E-state index in [1.807, 2.05) is 31.2 Å². The highest BCUT2D eigenvalue weighted by molar-refractivity contribution is 9.10. The summed E-state index contributed by atoms with van der Waals surface area (Å²) >= 11 is 3.50. The number of nitrogens with zero attached hydrogens (tertiary/aromatic N) is 1. The van der Waals surface area contributed by atoms with E-state index >= 15 is 0 Å². The van der Waals surface area contributed by atoms with Gasteiger partial charge in [0.25, 0.3) is 0 Å². The molecule has 0 saturated carbocycles. The first kappa shape index (κ1) is 9.46. The van der Waals surface area contributed by atoms with Crippen molar-refractivity contribution in [2.45, 2.75) is 6.92 Å². The Bertz CT molecular complexity index is 482. The molecule has 2 aromatic rings. The second-order valence-corrected chi connectivity index (χ2v) is 3.97. The number of halogens is 1. The topological polar surface area (TPSA) is 22.1 Å². The molecule has 0 aliphatic rings. The van der Waals surface area contributed by atoms with Gasteiger partial charge < -0.3 is 4.74 Å². The largest absolute Gasteiger partial charge is 0.481 e. The first-order valence-electron chi connectivity index (χ1n) is 4.32. The van der Waals surface area contributed by atoms with Gasteiger partial charge in [0.2, 0.25) is 5.88 Å². The molecule has 0 amide bonds. The lowest BCUT2D eigenvalue weighted by molar-refractivity contribution is 0.399. The number of pyridine rings is 1. The molecule has 0 spiro atoms. The maximum Gasteiger partial charge on any atom is 0.214 e. The minimum Gasteiger partial charge on any atom is -0.481 e. The summed E-state index contributed by atoms with van der Waals surface area (Å²) in [6.45, 7) is 2.04. The molecule has 2 nitrogen and oxygen atoms in total. The van der Waals surface area contributed by atoms with E-state index in [0.717, 1.165) is 20.9 Å². The van der Waals surface area contributed by atoms with E-state index in [-0.39, 0.29) is 0 Å². The van der Waals surface area contributed by atoms with Crippen molar-refractivity contribution >= 4 is 26.8 Å². The van der Waals surface area contributed by atoms with Crippen LogP contribution >= 0.6 is 15.9 Å². The predicted octanol–water partition coefficient (Wildman–Crippen LogP) is 3.31. The molecule has 1 aromatic heterocycles. The van der Waals surface area contributed by atoms with E-state index in [0.29, 0.717) is 5.88 Å². The number of methoxy groups -OCH3 is 1. The van der Waals surface area contributed by atoms with Crippen molar-refractivity contribution in [2.24, 2.45) is 0 Å². The Morgan fingerprint density at radius 2 is 2.14 bits per heavy atom. The summed E-state index contributed by atoms with van der Waals surface area (Å²) in [4.78, 5) is 4.40. The average Bonchev–Trinajstić information content (AvgIpc) is 2.19. The van der Waals surface area contributed by atoms with Gasteiger partial charge in [-0.1, -0.05) is 18.2 Å². The number of rotatable bonds is 1. The molecule has 72 valence electrons. The summed E-state index contributed by atoms with van der Waals surface area (Å²) in [5, 5.41) is 1.12. The van der Waals surface area contributed by atoms with Crippen LogP contribution in [0.25, 0.3) is 10.9 Å². The Kier molecular flexibility index (Phi) is 2.42. The van der Waals surface area contributed by atoms with Gasteiger partial charge >= 0.3 is 0 Å². The molecule has 3 heteroatoms. The van der Waals surface area contributed by atoms with E-state index in [2.05, 4.69) is 20.9 Å². The van der Waals surface area contributed by atoms with Gasteiger partial charge in [-0.15, -0.1) is 0 Å². The molecule has 2 rings (SSSR count). The molecule has 0 radical (unpaired) electrons. The summed E-state index contributed by atoms with van der Waals surface area (Å²) in [5.41, 5.74) is 2.14. The minimum atomic E-state index is 0.638. The average molecular weight is 252 g/mol. The molecule has 0 fully saturated rings. The van der Waals surface area contributed by atoms with Gasteiger partial charge in [0.05, 0.1) is 12.6 Å². The molecule has 0 bridgehead atoms. The van der Waals surface area contributed by atoms with Crippen LogP contribution in [0.15, 0.2) is 28.7 Å². The molecule has 1 heterocycles. The number of aromatic nitrogens is 1. The second kappa shape index (κ2) is 3.58. The van der Waals surface area contributed by atoms with Crippen LogP contribution < -0.4 is 4.74 Å². The number of ether oxygens (including phenoxy) is 1. The fourth-order valence-corrected chi connectivity index (χ4v) is 1.95. The standard InChI is InChI=1S/C11H10BrNO/c1-7-4-3-5-8-9(12)6-10(14-2)13-11(7)8/h3-6H,1-2H3. The van der Waals surface area contributed by atoms with Crippen LogP contribution in [-0.2, 0) is 0 Å². The normalized spacial score (nSPS) is 10.5. The first-order valence-corrected chi connectivity index (χ1v) is 5.11. The molecular formula is C11H10BrNO. The SMILES string of the molecule is COc1cc(Br)c2cccc(C)c2n1. The van der Waals surface area contributed by atoms with Gasteiger partial charge in [-0.25, -0.2) is 4.98 Å².